The Hall–Kier alpha value is -2.27. The molecule has 0 unspecified atom stereocenters. The number of ether oxygens (including phenoxy) is 1. The van der Waals surface area contributed by atoms with E-state index in [0.717, 1.165) is 29.0 Å². The number of thioether (sulfide) groups is 1. The molecule has 4 nitrogen and oxygen atoms in total. The average molecular weight is 339 g/mol. The van der Waals surface area contributed by atoms with Crippen LogP contribution in [0, 0.1) is 0 Å². The van der Waals surface area contributed by atoms with Gasteiger partial charge in [-0.1, -0.05) is 60.3 Å². The summed E-state index contributed by atoms with van der Waals surface area (Å²) in [4.78, 5) is 0. The second-order valence-electron chi connectivity index (χ2n) is 5.43. The van der Waals surface area contributed by atoms with Crippen molar-refractivity contribution in [3.05, 3.63) is 72.1 Å². The van der Waals surface area contributed by atoms with Gasteiger partial charge < -0.3 is 9.30 Å². The van der Waals surface area contributed by atoms with Crippen LogP contribution in [0.25, 0.3) is 0 Å². The maximum absolute atomic E-state index is 5.99. The zero-order valence-electron chi connectivity index (χ0n) is 13.9. The summed E-state index contributed by atoms with van der Waals surface area (Å²) >= 11 is 1.70. The van der Waals surface area contributed by atoms with Gasteiger partial charge in [-0.3, -0.25) is 0 Å². The van der Waals surface area contributed by atoms with Gasteiger partial charge in [0.25, 0.3) is 0 Å². The van der Waals surface area contributed by atoms with E-state index in [9.17, 15) is 0 Å². The Morgan fingerprint density at radius 2 is 1.67 bits per heavy atom. The van der Waals surface area contributed by atoms with E-state index in [0.29, 0.717) is 0 Å². The molecule has 1 aromatic heterocycles. The first-order chi connectivity index (χ1) is 11.8. The van der Waals surface area contributed by atoms with Crippen molar-refractivity contribution >= 4 is 11.8 Å². The molecule has 0 fully saturated rings. The van der Waals surface area contributed by atoms with Gasteiger partial charge >= 0.3 is 0 Å². The predicted octanol–water partition coefficient (Wildman–Crippen LogP) is 4.73. The van der Waals surface area contributed by atoms with Crippen LogP contribution in [0.2, 0.25) is 0 Å². The Morgan fingerprint density at radius 3 is 2.33 bits per heavy atom. The molecular weight excluding hydrogens is 318 g/mol. The lowest BCUT2D eigenvalue weighted by Gasteiger charge is -2.15. The fourth-order valence-corrected chi connectivity index (χ4v) is 3.45. The predicted molar refractivity (Wildman–Crippen MR) is 97.2 cm³/mol. The van der Waals surface area contributed by atoms with Gasteiger partial charge in [0.05, 0.1) is 0 Å². The molecule has 0 saturated carbocycles. The van der Waals surface area contributed by atoms with Crippen LogP contribution in [0.5, 0.6) is 5.75 Å². The van der Waals surface area contributed by atoms with Gasteiger partial charge in [0.15, 0.2) is 17.1 Å². The molecule has 0 N–H and O–H groups in total. The van der Waals surface area contributed by atoms with Crippen LogP contribution in [-0.2, 0) is 12.3 Å². The molecule has 0 bridgehead atoms. The van der Waals surface area contributed by atoms with E-state index < -0.39 is 0 Å². The van der Waals surface area contributed by atoms with Crippen molar-refractivity contribution in [2.45, 2.75) is 37.4 Å². The van der Waals surface area contributed by atoms with Crippen LogP contribution in [0.15, 0.2) is 65.8 Å². The molecule has 3 rings (SSSR count). The lowest BCUT2D eigenvalue weighted by Crippen LogP contribution is -2.11. The summed E-state index contributed by atoms with van der Waals surface area (Å²) in [7, 11) is 0. The third-order valence-electron chi connectivity index (χ3n) is 3.69. The summed E-state index contributed by atoms with van der Waals surface area (Å²) in [6.07, 6.45) is -0.147. The minimum atomic E-state index is -0.147. The Morgan fingerprint density at radius 1 is 1.00 bits per heavy atom. The normalized spacial score (nSPS) is 12.1. The van der Waals surface area contributed by atoms with Crippen molar-refractivity contribution in [3.8, 4) is 5.75 Å². The maximum atomic E-state index is 5.99. The van der Waals surface area contributed by atoms with Crippen LogP contribution in [0.3, 0.4) is 0 Å². The van der Waals surface area contributed by atoms with Gasteiger partial charge in [0, 0.05) is 12.3 Å². The molecule has 0 spiro atoms. The van der Waals surface area contributed by atoms with Gasteiger partial charge in [-0.15, -0.1) is 10.2 Å². The van der Waals surface area contributed by atoms with Crippen LogP contribution in [0.4, 0.5) is 0 Å². The molecule has 0 aliphatic carbocycles. The minimum Gasteiger partial charge on any atom is -0.483 e. The Bertz CT molecular complexity index is 759. The van der Waals surface area contributed by atoms with E-state index in [1.165, 1.54) is 5.56 Å². The van der Waals surface area contributed by atoms with Crippen LogP contribution < -0.4 is 4.74 Å². The quantitative estimate of drug-likeness (QED) is 0.583. The summed E-state index contributed by atoms with van der Waals surface area (Å²) in [5, 5.41) is 9.65. The molecule has 2 aromatic carbocycles. The fourth-order valence-electron chi connectivity index (χ4n) is 2.48. The lowest BCUT2D eigenvalue weighted by molar-refractivity contribution is 0.210. The number of rotatable bonds is 7. The monoisotopic (exact) mass is 339 g/mol. The van der Waals surface area contributed by atoms with Crippen molar-refractivity contribution < 1.29 is 4.74 Å². The van der Waals surface area contributed by atoms with Crippen molar-refractivity contribution in [3.63, 3.8) is 0 Å². The zero-order chi connectivity index (χ0) is 16.8. The van der Waals surface area contributed by atoms with Crippen LogP contribution in [0.1, 0.15) is 31.3 Å². The van der Waals surface area contributed by atoms with E-state index in [1.807, 2.05) is 43.3 Å². The summed E-state index contributed by atoms with van der Waals surface area (Å²) in [5.41, 5.74) is 1.28. The van der Waals surface area contributed by atoms with Gasteiger partial charge in [0.1, 0.15) is 5.75 Å². The first-order valence-electron chi connectivity index (χ1n) is 8.09. The Balaban J connectivity index is 1.71. The molecule has 124 valence electrons. The number of hydrogen-bond acceptors (Lipinski definition) is 4. The van der Waals surface area contributed by atoms with Crippen LogP contribution >= 0.6 is 11.8 Å². The molecule has 0 aliphatic rings. The second kappa shape index (κ2) is 8.02. The highest BCUT2D eigenvalue weighted by Crippen LogP contribution is 2.26. The van der Waals surface area contributed by atoms with Gasteiger partial charge in [-0.2, -0.15) is 0 Å². The van der Waals surface area contributed by atoms with Crippen molar-refractivity contribution in [2.24, 2.45) is 0 Å². The first kappa shape index (κ1) is 16.6. The third-order valence-corrected chi connectivity index (χ3v) is 4.73. The molecule has 24 heavy (non-hydrogen) atoms. The maximum Gasteiger partial charge on any atom is 0.191 e. The standard InChI is InChI=1S/C19H21N3OS/c1-3-22-18(15(2)23-17-12-8-5-9-13-17)20-21-19(22)24-14-16-10-6-4-7-11-16/h4-13,15H,3,14H2,1-2H3/t15-/m0/s1. The number of aromatic nitrogens is 3. The summed E-state index contributed by atoms with van der Waals surface area (Å²) in [6.45, 7) is 4.94. The smallest absolute Gasteiger partial charge is 0.191 e. The fraction of sp³-hybridized carbons (Fsp3) is 0.263. The summed E-state index contributed by atoms with van der Waals surface area (Å²) < 4.78 is 8.11. The third kappa shape index (κ3) is 3.97. The average Bonchev–Trinajstić information content (AvgIpc) is 3.05. The Kier molecular flexibility index (Phi) is 5.54. The van der Waals surface area contributed by atoms with E-state index in [-0.39, 0.29) is 6.10 Å². The highest BCUT2D eigenvalue weighted by molar-refractivity contribution is 7.98. The summed E-state index contributed by atoms with van der Waals surface area (Å²) in [6, 6.07) is 20.2. The van der Waals surface area contributed by atoms with Crippen molar-refractivity contribution in [1.29, 1.82) is 0 Å². The number of para-hydroxylation sites is 1. The minimum absolute atomic E-state index is 0.147. The van der Waals surface area contributed by atoms with Crippen molar-refractivity contribution in [1.82, 2.24) is 14.8 Å². The number of hydrogen-bond donors (Lipinski definition) is 0. The van der Waals surface area contributed by atoms with Gasteiger partial charge in [-0.05, 0) is 31.5 Å². The number of nitrogens with zero attached hydrogens (tertiary/aromatic N) is 3. The topological polar surface area (TPSA) is 39.9 Å². The highest BCUT2D eigenvalue weighted by Gasteiger charge is 2.18. The largest absolute Gasteiger partial charge is 0.483 e. The molecule has 1 atom stereocenters. The van der Waals surface area contributed by atoms with Gasteiger partial charge in [-0.25, -0.2) is 0 Å². The number of benzene rings is 2. The van der Waals surface area contributed by atoms with Crippen LogP contribution in [-0.4, -0.2) is 14.8 Å². The van der Waals surface area contributed by atoms with E-state index in [2.05, 4.69) is 46.0 Å². The molecule has 1 heterocycles. The first-order valence-corrected chi connectivity index (χ1v) is 9.08. The van der Waals surface area contributed by atoms with E-state index >= 15 is 0 Å². The molecule has 0 radical (unpaired) electrons. The summed E-state index contributed by atoms with van der Waals surface area (Å²) in [5.74, 6) is 2.58. The molecule has 5 heteroatoms. The van der Waals surface area contributed by atoms with Gasteiger partial charge in [0.2, 0.25) is 0 Å². The molecule has 3 aromatic rings. The van der Waals surface area contributed by atoms with E-state index in [4.69, 9.17) is 4.74 Å². The molecule has 0 amide bonds. The van der Waals surface area contributed by atoms with Crippen molar-refractivity contribution in [2.75, 3.05) is 0 Å². The Labute approximate surface area is 146 Å². The SMILES string of the molecule is CCn1c(SCc2ccccc2)nnc1[C@H](C)Oc1ccccc1. The zero-order valence-corrected chi connectivity index (χ0v) is 14.7. The molecular formula is C19H21N3OS. The molecule has 0 saturated heterocycles. The lowest BCUT2D eigenvalue weighted by atomic mass is 10.2. The highest BCUT2D eigenvalue weighted by atomic mass is 32.2. The van der Waals surface area contributed by atoms with E-state index in [1.54, 1.807) is 11.8 Å². The molecule has 0 aliphatic heterocycles. The second-order valence-corrected chi connectivity index (χ2v) is 6.37.